The highest BCUT2D eigenvalue weighted by Gasteiger charge is 2.26. The third kappa shape index (κ3) is 4.66. The van der Waals surface area contributed by atoms with Crippen molar-refractivity contribution in [2.45, 2.75) is 57.4 Å². The Morgan fingerprint density at radius 2 is 2.00 bits per heavy atom. The van der Waals surface area contributed by atoms with E-state index in [9.17, 15) is 9.00 Å². The number of imidazole rings is 1. The fourth-order valence-electron chi connectivity index (χ4n) is 4.16. The molecule has 0 aliphatic carbocycles. The van der Waals surface area contributed by atoms with Crippen molar-refractivity contribution < 1.29 is 13.7 Å². The molecule has 1 unspecified atom stereocenters. The van der Waals surface area contributed by atoms with Crippen LogP contribution < -0.4 is 5.32 Å². The standard InChI is InChI=1S/C24H32N4O3S/c1-5-25-22(29)18-8-11-27(16-18)32(30)19-6-7-21-20(14-19)26-23(24(2,3)4)28(21)15-17-9-12-31-13-10-17/h6-8,11,14,16-17H,5,9-10,12-13,15H2,1-4H3,(H,25,29). The van der Waals surface area contributed by atoms with E-state index in [0.29, 0.717) is 22.9 Å². The fraction of sp³-hybridized carbons (Fsp3) is 0.500. The van der Waals surface area contributed by atoms with Crippen molar-refractivity contribution in [2.75, 3.05) is 19.8 Å². The van der Waals surface area contributed by atoms with Crippen molar-refractivity contribution in [2.24, 2.45) is 5.92 Å². The molecule has 2 aromatic heterocycles. The number of amides is 1. The molecule has 0 saturated carbocycles. The van der Waals surface area contributed by atoms with Gasteiger partial charge < -0.3 is 14.6 Å². The Morgan fingerprint density at radius 1 is 1.25 bits per heavy atom. The maximum atomic E-state index is 13.2. The van der Waals surface area contributed by atoms with E-state index in [4.69, 9.17) is 9.72 Å². The molecule has 8 heteroatoms. The summed E-state index contributed by atoms with van der Waals surface area (Å²) in [4.78, 5) is 17.7. The zero-order valence-electron chi connectivity index (χ0n) is 19.3. The summed E-state index contributed by atoms with van der Waals surface area (Å²) in [6.07, 6.45) is 5.42. The molecule has 1 N–H and O–H groups in total. The Morgan fingerprint density at radius 3 is 2.69 bits per heavy atom. The summed E-state index contributed by atoms with van der Waals surface area (Å²) in [6.45, 7) is 11.5. The van der Waals surface area contributed by atoms with Gasteiger partial charge in [-0.2, -0.15) is 0 Å². The van der Waals surface area contributed by atoms with Crippen molar-refractivity contribution in [3.05, 3.63) is 48.0 Å². The second-order valence-corrected chi connectivity index (χ2v) is 10.8. The summed E-state index contributed by atoms with van der Waals surface area (Å²) in [6, 6.07) is 7.52. The molecule has 7 nitrogen and oxygen atoms in total. The normalized spacial score (nSPS) is 16.4. The molecule has 172 valence electrons. The molecule has 0 radical (unpaired) electrons. The van der Waals surface area contributed by atoms with Gasteiger partial charge in [-0.05, 0) is 49.9 Å². The number of rotatable bonds is 6. The summed E-state index contributed by atoms with van der Waals surface area (Å²) in [5, 5.41) is 2.76. The molecular formula is C24H32N4O3S. The quantitative estimate of drug-likeness (QED) is 0.611. The molecule has 32 heavy (non-hydrogen) atoms. The van der Waals surface area contributed by atoms with Crippen molar-refractivity contribution in [3.63, 3.8) is 0 Å². The van der Waals surface area contributed by atoms with Gasteiger partial charge in [0, 0.05) is 44.1 Å². The van der Waals surface area contributed by atoms with Crippen LogP contribution in [0.4, 0.5) is 0 Å². The van der Waals surface area contributed by atoms with E-state index in [2.05, 4.69) is 30.7 Å². The van der Waals surface area contributed by atoms with Gasteiger partial charge in [0.05, 0.1) is 21.5 Å². The number of nitrogens with one attached hydrogen (secondary N) is 1. The van der Waals surface area contributed by atoms with E-state index in [1.807, 2.05) is 25.1 Å². The first-order chi connectivity index (χ1) is 15.3. The lowest BCUT2D eigenvalue weighted by Gasteiger charge is -2.26. The van der Waals surface area contributed by atoms with Gasteiger partial charge in [-0.1, -0.05) is 20.8 Å². The molecule has 3 aromatic rings. The van der Waals surface area contributed by atoms with Crippen LogP contribution in [0.5, 0.6) is 0 Å². The van der Waals surface area contributed by atoms with Crippen LogP contribution in [0.3, 0.4) is 0 Å². The summed E-state index contributed by atoms with van der Waals surface area (Å²) < 4.78 is 22.6. The minimum Gasteiger partial charge on any atom is -0.381 e. The van der Waals surface area contributed by atoms with Crippen LogP contribution in [0.1, 0.15) is 56.7 Å². The molecule has 1 aliphatic heterocycles. The van der Waals surface area contributed by atoms with Gasteiger partial charge in [0.25, 0.3) is 5.91 Å². The molecule has 3 heterocycles. The third-order valence-corrected chi connectivity index (χ3v) is 7.10. The summed E-state index contributed by atoms with van der Waals surface area (Å²) in [5.74, 6) is 1.45. The molecule has 1 fully saturated rings. The molecule has 1 aromatic carbocycles. The van der Waals surface area contributed by atoms with E-state index < -0.39 is 11.0 Å². The minimum atomic E-state index is -1.46. The number of fused-ring (bicyclic) bond motifs is 1. The van der Waals surface area contributed by atoms with Gasteiger partial charge in [0.15, 0.2) is 11.0 Å². The number of benzene rings is 1. The minimum absolute atomic E-state index is 0.106. The number of ether oxygens (including phenoxy) is 1. The predicted molar refractivity (Wildman–Crippen MR) is 126 cm³/mol. The maximum absolute atomic E-state index is 13.2. The highest BCUT2D eigenvalue weighted by molar-refractivity contribution is 7.83. The average Bonchev–Trinajstić information content (AvgIpc) is 3.39. The van der Waals surface area contributed by atoms with Crippen LogP contribution in [-0.4, -0.2) is 43.4 Å². The highest BCUT2D eigenvalue weighted by atomic mass is 32.2. The smallest absolute Gasteiger partial charge is 0.252 e. The summed E-state index contributed by atoms with van der Waals surface area (Å²) in [7, 11) is -1.46. The Balaban J connectivity index is 1.66. The van der Waals surface area contributed by atoms with Crippen molar-refractivity contribution in [1.82, 2.24) is 18.8 Å². The van der Waals surface area contributed by atoms with Crippen LogP contribution in [-0.2, 0) is 27.7 Å². The SMILES string of the molecule is CCNC(=O)c1ccn(S(=O)c2ccc3c(c2)nc(C(C)(C)C)n3CC2CCOCC2)c1. The molecular weight excluding hydrogens is 424 g/mol. The van der Waals surface area contributed by atoms with Crippen LogP contribution >= 0.6 is 0 Å². The lowest BCUT2D eigenvalue weighted by Crippen LogP contribution is -2.25. The molecule has 0 spiro atoms. The van der Waals surface area contributed by atoms with E-state index >= 15 is 0 Å². The average molecular weight is 457 g/mol. The Labute approximate surface area is 191 Å². The van der Waals surface area contributed by atoms with Crippen LogP contribution in [0.25, 0.3) is 11.0 Å². The lowest BCUT2D eigenvalue weighted by atomic mass is 9.94. The third-order valence-electron chi connectivity index (χ3n) is 5.83. The van der Waals surface area contributed by atoms with Gasteiger partial charge in [0.2, 0.25) is 0 Å². The molecule has 4 rings (SSSR count). The maximum Gasteiger partial charge on any atom is 0.252 e. The van der Waals surface area contributed by atoms with Crippen LogP contribution in [0, 0.1) is 5.92 Å². The summed E-state index contributed by atoms with van der Waals surface area (Å²) in [5.41, 5.74) is 2.31. The van der Waals surface area contributed by atoms with Crippen LogP contribution in [0.15, 0.2) is 41.6 Å². The molecule has 0 bridgehead atoms. The zero-order valence-corrected chi connectivity index (χ0v) is 20.1. The zero-order chi connectivity index (χ0) is 22.9. The highest BCUT2D eigenvalue weighted by Crippen LogP contribution is 2.30. The Kier molecular flexibility index (Phi) is 6.53. The number of carbonyl (C=O) groups is 1. The largest absolute Gasteiger partial charge is 0.381 e. The van der Waals surface area contributed by atoms with Crippen LogP contribution in [0.2, 0.25) is 0 Å². The van der Waals surface area contributed by atoms with Crippen molar-refractivity contribution in [1.29, 1.82) is 0 Å². The monoisotopic (exact) mass is 456 g/mol. The lowest BCUT2D eigenvalue weighted by molar-refractivity contribution is 0.0611. The fourth-order valence-corrected chi connectivity index (χ4v) is 5.18. The van der Waals surface area contributed by atoms with Gasteiger partial charge in [0.1, 0.15) is 5.82 Å². The van der Waals surface area contributed by atoms with Crippen molar-refractivity contribution in [3.8, 4) is 0 Å². The number of hydrogen-bond donors (Lipinski definition) is 1. The first-order valence-corrected chi connectivity index (χ1v) is 12.4. The van der Waals surface area contributed by atoms with Gasteiger partial charge in [-0.25, -0.2) is 9.19 Å². The number of nitrogens with zero attached hydrogens (tertiary/aromatic N) is 3. The van der Waals surface area contributed by atoms with Gasteiger partial charge >= 0.3 is 0 Å². The first kappa shape index (κ1) is 22.7. The molecule has 1 amide bonds. The summed E-state index contributed by atoms with van der Waals surface area (Å²) >= 11 is 0. The second kappa shape index (κ2) is 9.19. The number of carbonyl (C=O) groups excluding carboxylic acids is 1. The number of aromatic nitrogens is 3. The van der Waals surface area contributed by atoms with Gasteiger partial charge in [-0.3, -0.25) is 8.77 Å². The second-order valence-electron chi connectivity index (χ2n) is 9.37. The van der Waals surface area contributed by atoms with Crippen molar-refractivity contribution >= 4 is 27.9 Å². The van der Waals surface area contributed by atoms with E-state index in [1.165, 1.54) is 0 Å². The topological polar surface area (TPSA) is 78.2 Å². The Hall–Kier alpha value is -2.45. The van der Waals surface area contributed by atoms with Gasteiger partial charge in [-0.15, -0.1) is 0 Å². The number of hydrogen-bond acceptors (Lipinski definition) is 4. The molecule has 1 saturated heterocycles. The molecule has 1 atom stereocenters. The predicted octanol–water partition coefficient (Wildman–Crippen LogP) is 3.88. The van der Waals surface area contributed by atoms with E-state index in [-0.39, 0.29) is 11.3 Å². The molecule has 1 aliphatic rings. The van der Waals surface area contributed by atoms with E-state index in [0.717, 1.165) is 49.5 Å². The first-order valence-electron chi connectivity index (χ1n) is 11.2. The van der Waals surface area contributed by atoms with E-state index in [1.54, 1.807) is 22.4 Å². The Bertz CT molecular complexity index is 1140.